The van der Waals surface area contributed by atoms with Crippen LogP contribution in [0.3, 0.4) is 0 Å². The number of aromatic nitrogens is 1. The fourth-order valence-corrected chi connectivity index (χ4v) is 4.35. The van der Waals surface area contributed by atoms with Gasteiger partial charge in [0.05, 0.1) is 18.9 Å². The molecular weight excluding hydrogens is 490 g/mol. The van der Waals surface area contributed by atoms with Gasteiger partial charge in [-0.25, -0.2) is 9.59 Å². The lowest BCUT2D eigenvalue weighted by molar-refractivity contribution is -0.139. The number of nitrogen functional groups attached to an aromatic ring is 1. The van der Waals surface area contributed by atoms with Crippen LogP contribution in [0, 0.1) is 11.3 Å². The molecule has 0 spiro atoms. The maximum absolute atomic E-state index is 12.9. The molecule has 0 saturated carbocycles. The van der Waals surface area contributed by atoms with Gasteiger partial charge in [0.15, 0.2) is 5.69 Å². The van der Waals surface area contributed by atoms with E-state index in [1.165, 1.54) is 0 Å². The average molecular weight is 510 g/mol. The maximum atomic E-state index is 12.9. The molecule has 0 bridgehead atoms. The molecule has 0 aliphatic carbocycles. The van der Waals surface area contributed by atoms with Crippen LogP contribution in [0.5, 0.6) is 0 Å². The summed E-state index contributed by atoms with van der Waals surface area (Å²) < 4.78 is 14.6. The third-order valence-electron chi connectivity index (χ3n) is 5.13. The molecule has 1 saturated heterocycles. The highest BCUT2D eigenvalue weighted by Crippen LogP contribution is 2.38. The molecule has 36 heavy (non-hydrogen) atoms. The lowest BCUT2D eigenvalue weighted by Gasteiger charge is -2.10. The van der Waals surface area contributed by atoms with Crippen LogP contribution in [0.2, 0.25) is 0 Å². The topological polar surface area (TPSA) is 187 Å². The van der Waals surface area contributed by atoms with Gasteiger partial charge in [-0.3, -0.25) is 9.59 Å². The molecule has 0 radical (unpaired) electrons. The smallest absolute Gasteiger partial charge is 0.360 e. The molecule has 3 heterocycles. The Bertz CT molecular complexity index is 1390. The minimum atomic E-state index is -0.736. The summed E-state index contributed by atoms with van der Waals surface area (Å²) >= 11 is 0.926. The quantitative estimate of drug-likeness (QED) is 0.299. The van der Waals surface area contributed by atoms with E-state index >= 15 is 0 Å². The fraction of sp³-hybridized carbons (Fsp3) is 0.217. The standard InChI is InChI=1S/C23H19N5O7S/c1-2-33-23(32)15-9-16(35-28-15)18(29)19-17(25)13(10-24)21(36-19)26-12-5-3-11(4-6-12)20(30)27-14-7-8-34-22(14)31/h3-6,9,14,26H,2,7-8,25H2,1H3,(H,27,30). The summed E-state index contributed by atoms with van der Waals surface area (Å²) in [6, 6.07) is 8.72. The number of nitrogens with zero attached hydrogens (tertiary/aromatic N) is 2. The van der Waals surface area contributed by atoms with E-state index in [1.807, 2.05) is 6.07 Å². The van der Waals surface area contributed by atoms with Gasteiger partial charge in [-0.15, -0.1) is 11.3 Å². The summed E-state index contributed by atoms with van der Waals surface area (Å²) in [4.78, 5) is 48.6. The van der Waals surface area contributed by atoms with Gasteiger partial charge in [0.2, 0.25) is 11.5 Å². The Hall–Kier alpha value is -4.70. The maximum Gasteiger partial charge on any atom is 0.360 e. The summed E-state index contributed by atoms with van der Waals surface area (Å²) in [6.07, 6.45) is 0.417. The number of nitrogens with two attached hydrogens (primary N) is 1. The first kappa shape index (κ1) is 24.4. The number of amides is 1. The van der Waals surface area contributed by atoms with Gasteiger partial charge in [0, 0.05) is 23.7 Å². The van der Waals surface area contributed by atoms with Crippen LogP contribution in [0.15, 0.2) is 34.9 Å². The van der Waals surface area contributed by atoms with Crippen molar-refractivity contribution in [3.63, 3.8) is 0 Å². The molecule has 1 atom stereocenters. The minimum Gasteiger partial charge on any atom is -0.464 e. The van der Waals surface area contributed by atoms with Crippen molar-refractivity contribution in [2.24, 2.45) is 0 Å². The van der Waals surface area contributed by atoms with Crippen molar-refractivity contribution in [3.8, 4) is 6.07 Å². The van der Waals surface area contributed by atoms with Gasteiger partial charge in [-0.2, -0.15) is 5.26 Å². The monoisotopic (exact) mass is 509 g/mol. The Labute approximate surface area is 208 Å². The zero-order valence-corrected chi connectivity index (χ0v) is 19.6. The van der Waals surface area contributed by atoms with Crippen LogP contribution in [0.4, 0.5) is 16.4 Å². The van der Waals surface area contributed by atoms with Gasteiger partial charge >= 0.3 is 11.9 Å². The number of ether oxygens (including phenoxy) is 2. The Morgan fingerprint density at radius 3 is 2.69 bits per heavy atom. The first-order valence-electron chi connectivity index (χ1n) is 10.7. The number of nitriles is 1. The minimum absolute atomic E-state index is 0.0278. The lowest BCUT2D eigenvalue weighted by Crippen LogP contribution is -2.37. The van der Waals surface area contributed by atoms with E-state index in [0.717, 1.165) is 17.4 Å². The molecule has 1 aliphatic rings. The third-order valence-corrected chi connectivity index (χ3v) is 6.25. The fourth-order valence-electron chi connectivity index (χ4n) is 3.31. The molecule has 4 rings (SSSR count). The molecule has 1 aliphatic heterocycles. The van der Waals surface area contributed by atoms with Crippen LogP contribution in [0.1, 0.15) is 55.2 Å². The average Bonchev–Trinajstić information content (AvgIpc) is 3.59. The van der Waals surface area contributed by atoms with Gasteiger partial charge < -0.3 is 30.4 Å². The van der Waals surface area contributed by atoms with E-state index in [2.05, 4.69) is 15.8 Å². The number of rotatable bonds is 8. The molecule has 3 aromatic rings. The highest BCUT2D eigenvalue weighted by Gasteiger charge is 2.29. The summed E-state index contributed by atoms with van der Waals surface area (Å²) in [7, 11) is 0. The van der Waals surface area contributed by atoms with Crippen molar-refractivity contribution in [3.05, 3.63) is 57.8 Å². The van der Waals surface area contributed by atoms with Crippen LogP contribution >= 0.6 is 11.3 Å². The summed E-state index contributed by atoms with van der Waals surface area (Å²) in [5.74, 6) is -2.51. The molecule has 2 aromatic heterocycles. The molecule has 1 aromatic carbocycles. The summed E-state index contributed by atoms with van der Waals surface area (Å²) in [5.41, 5.74) is 6.74. The van der Waals surface area contributed by atoms with E-state index in [-0.39, 0.29) is 40.8 Å². The number of esters is 2. The Morgan fingerprint density at radius 1 is 1.31 bits per heavy atom. The number of anilines is 3. The number of cyclic esters (lactones) is 1. The van der Waals surface area contributed by atoms with Crippen LogP contribution in [-0.4, -0.2) is 48.0 Å². The van der Waals surface area contributed by atoms with E-state index in [9.17, 15) is 24.4 Å². The van der Waals surface area contributed by atoms with Gasteiger partial charge in [0.1, 0.15) is 27.6 Å². The van der Waals surface area contributed by atoms with Crippen molar-refractivity contribution in [1.82, 2.24) is 10.5 Å². The van der Waals surface area contributed by atoms with Crippen LogP contribution in [-0.2, 0) is 14.3 Å². The predicted molar refractivity (Wildman–Crippen MR) is 126 cm³/mol. The second kappa shape index (κ2) is 10.3. The van der Waals surface area contributed by atoms with E-state index < -0.39 is 29.7 Å². The molecule has 12 nitrogen and oxygen atoms in total. The van der Waals surface area contributed by atoms with Gasteiger partial charge in [0.25, 0.3) is 5.91 Å². The number of ketones is 1. The van der Waals surface area contributed by atoms with Gasteiger partial charge in [-0.1, -0.05) is 5.16 Å². The number of carbonyl (C=O) groups excluding carboxylic acids is 4. The zero-order chi connectivity index (χ0) is 25.8. The summed E-state index contributed by atoms with van der Waals surface area (Å²) in [5, 5.41) is 19.1. The predicted octanol–water partition coefficient (Wildman–Crippen LogP) is 2.39. The first-order valence-corrected chi connectivity index (χ1v) is 11.5. The van der Waals surface area contributed by atoms with Crippen molar-refractivity contribution in [2.75, 3.05) is 24.3 Å². The molecule has 1 amide bonds. The molecule has 1 unspecified atom stereocenters. The number of benzene rings is 1. The highest BCUT2D eigenvalue weighted by atomic mass is 32.1. The SMILES string of the molecule is CCOC(=O)c1cc(C(=O)c2sc(Nc3ccc(C(=O)NC4CCOC4=O)cc3)c(C#N)c2N)on1. The third kappa shape index (κ3) is 4.89. The van der Waals surface area contributed by atoms with Crippen LogP contribution < -0.4 is 16.4 Å². The second-order valence-electron chi connectivity index (χ2n) is 7.47. The highest BCUT2D eigenvalue weighted by molar-refractivity contribution is 7.19. The van der Waals surface area contributed by atoms with Crippen molar-refractivity contribution >= 4 is 51.3 Å². The molecular formula is C23H19N5O7S. The molecule has 4 N–H and O–H groups in total. The van der Waals surface area contributed by atoms with Gasteiger partial charge in [-0.05, 0) is 31.2 Å². The zero-order valence-electron chi connectivity index (χ0n) is 18.8. The second-order valence-corrected chi connectivity index (χ2v) is 8.49. The van der Waals surface area contributed by atoms with E-state index in [0.29, 0.717) is 22.7 Å². The Balaban J connectivity index is 1.50. The molecule has 1 fully saturated rings. The van der Waals surface area contributed by atoms with Crippen molar-refractivity contribution in [1.29, 1.82) is 5.26 Å². The first-order chi connectivity index (χ1) is 17.3. The largest absolute Gasteiger partial charge is 0.464 e. The molecule has 13 heteroatoms. The number of hydrogen-bond acceptors (Lipinski definition) is 12. The number of carbonyl (C=O) groups is 4. The lowest BCUT2D eigenvalue weighted by atomic mass is 10.1. The van der Waals surface area contributed by atoms with E-state index in [4.69, 9.17) is 19.7 Å². The Morgan fingerprint density at radius 2 is 2.06 bits per heavy atom. The normalized spacial score (nSPS) is 14.6. The van der Waals surface area contributed by atoms with Crippen LogP contribution in [0.25, 0.3) is 0 Å². The number of hydrogen-bond donors (Lipinski definition) is 3. The number of thiophene rings is 1. The van der Waals surface area contributed by atoms with Crippen molar-refractivity contribution < 1.29 is 33.2 Å². The van der Waals surface area contributed by atoms with Crippen molar-refractivity contribution in [2.45, 2.75) is 19.4 Å². The Kier molecular flexibility index (Phi) is 6.98. The summed E-state index contributed by atoms with van der Waals surface area (Å²) in [6.45, 7) is 2.03. The number of nitrogens with one attached hydrogen (secondary N) is 2. The molecule has 184 valence electrons. The van der Waals surface area contributed by atoms with E-state index in [1.54, 1.807) is 31.2 Å².